The van der Waals surface area contributed by atoms with Crippen molar-refractivity contribution >= 4 is 40.9 Å². The maximum Gasteiger partial charge on any atom is 0.411 e. The third kappa shape index (κ3) is 14.0. The summed E-state index contributed by atoms with van der Waals surface area (Å²) in [5.74, 6) is 1.18. The number of carbonyl (C=O) groups excluding carboxylic acids is 4. The number of phenols is 1. The largest absolute Gasteiger partial charge is 0.506 e. The molecular weight excluding hydrogens is 797 g/mol. The number of nitrogens with zero attached hydrogens (tertiary/aromatic N) is 2. The number of aromatic hydroxyl groups is 1. The Bertz CT molecular complexity index is 2080. The van der Waals surface area contributed by atoms with Crippen molar-refractivity contribution in [3.8, 4) is 22.6 Å². The number of phenolic OH excluding ortho intramolecular Hbond substituents is 1. The number of fused-ring (bicyclic) bond motifs is 2. The van der Waals surface area contributed by atoms with Gasteiger partial charge in [0, 0.05) is 63.9 Å². The zero-order chi connectivity index (χ0) is 45.1. The summed E-state index contributed by atoms with van der Waals surface area (Å²) in [7, 11) is 1.83. The standard InChI is InChI=1S/C46H54N6O7.2C2H6/c1-51(23-8-7-13-41(54)48-36-17-14-31(15-18-36)27-47-22-20-33-16-19-40(53)44-45(33)58-30-42(55)50-44)43(56)21-24-52-28-34-25-37(26-35(34)29-52)59-46(57)49-39-12-6-5-11-38(39)32-9-3-2-4-10-32;2*1-2/h2-6,9-12,14-19,34-35,37,47,53H,7-8,13,20-30H2,1H3,(H,48,54)(H,49,57)(H,50,55);2*1-2H3. The number of nitrogens with one attached hydrogen (secondary N) is 4. The van der Waals surface area contributed by atoms with E-state index in [2.05, 4.69) is 26.2 Å². The molecule has 0 aromatic heterocycles. The first kappa shape index (κ1) is 48.1. The van der Waals surface area contributed by atoms with Crippen molar-refractivity contribution < 1.29 is 33.8 Å². The summed E-state index contributed by atoms with van der Waals surface area (Å²) < 4.78 is 11.4. The van der Waals surface area contributed by atoms with E-state index in [0.29, 0.717) is 75.1 Å². The van der Waals surface area contributed by atoms with Crippen LogP contribution in [0.25, 0.3) is 11.1 Å². The van der Waals surface area contributed by atoms with Crippen molar-refractivity contribution in [2.24, 2.45) is 11.8 Å². The fourth-order valence-corrected chi connectivity index (χ4v) is 8.37. The minimum absolute atomic E-state index is 0.0153. The van der Waals surface area contributed by atoms with Gasteiger partial charge in [-0.1, -0.05) is 94.4 Å². The molecule has 2 heterocycles. The monoisotopic (exact) mass is 862 g/mol. The average molecular weight is 863 g/mol. The number of likely N-dealkylation sites (tertiary alicyclic amines) is 1. The molecule has 2 fully saturated rings. The molecule has 1 saturated carbocycles. The normalized spacial score (nSPS) is 17.3. The van der Waals surface area contributed by atoms with Crippen molar-refractivity contribution in [1.29, 1.82) is 0 Å². The number of para-hydroxylation sites is 1. The van der Waals surface area contributed by atoms with Crippen LogP contribution >= 0.6 is 0 Å². The van der Waals surface area contributed by atoms with Gasteiger partial charge in [-0.3, -0.25) is 19.7 Å². The maximum atomic E-state index is 12.9. The van der Waals surface area contributed by atoms with E-state index in [9.17, 15) is 24.3 Å². The predicted octanol–water partition coefficient (Wildman–Crippen LogP) is 8.69. The van der Waals surface area contributed by atoms with Gasteiger partial charge in [-0.25, -0.2) is 4.79 Å². The van der Waals surface area contributed by atoms with Crippen LogP contribution in [0.1, 0.15) is 77.3 Å². The van der Waals surface area contributed by atoms with Crippen LogP contribution in [0, 0.1) is 11.8 Å². The zero-order valence-electron chi connectivity index (χ0n) is 37.6. The van der Waals surface area contributed by atoms with Crippen molar-refractivity contribution in [1.82, 2.24) is 15.1 Å². The second kappa shape index (κ2) is 24.6. The van der Waals surface area contributed by atoms with E-state index < -0.39 is 6.09 Å². The van der Waals surface area contributed by atoms with Gasteiger partial charge in [-0.05, 0) is 91.4 Å². The molecule has 0 bridgehead atoms. The molecule has 4 aromatic carbocycles. The maximum absolute atomic E-state index is 12.9. The third-order valence-corrected chi connectivity index (χ3v) is 11.5. The minimum atomic E-state index is -0.421. The molecule has 1 saturated heterocycles. The smallest absolute Gasteiger partial charge is 0.411 e. The third-order valence-electron chi connectivity index (χ3n) is 11.5. The summed E-state index contributed by atoms with van der Waals surface area (Å²) in [6.07, 6.45) is 4.08. The molecule has 0 radical (unpaired) electrons. The average Bonchev–Trinajstić information content (AvgIpc) is 3.87. The Morgan fingerprint density at radius 1 is 0.857 bits per heavy atom. The van der Waals surface area contributed by atoms with Crippen LogP contribution in [-0.4, -0.2) is 91.2 Å². The number of unbranched alkanes of at least 4 members (excludes halogenated alkanes) is 1. The lowest BCUT2D eigenvalue weighted by Gasteiger charge is -2.21. The van der Waals surface area contributed by atoms with E-state index in [0.717, 1.165) is 66.0 Å². The molecular formula is C50H66N6O7. The number of anilines is 3. The zero-order valence-corrected chi connectivity index (χ0v) is 37.6. The van der Waals surface area contributed by atoms with E-state index >= 15 is 0 Å². The number of hydrogen-bond donors (Lipinski definition) is 5. The second-order valence-corrected chi connectivity index (χ2v) is 15.8. The summed E-state index contributed by atoms with van der Waals surface area (Å²) >= 11 is 0. The van der Waals surface area contributed by atoms with E-state index in [4.69, 9.17) is 9.47 Å². The fraction of sp³-hybridized carbons (Fsp3) is 0.440. The molecule has 5 N–H and O–H groups in total. The molecule has 4 aromatic rings. The molecule has 7 rings (SSSR count). The Kier molecular flexibility index (Phi) is 18.8. The number of ether oxygens (including phenoxy) is 2. The number of benzene rings is 4. The van der Waals surface area contributed by atoms with Crippen LogP contribution in [-0.2, 0) is 32.1 Å². The van der Waals surface area contributed by atoms with E-state index in [-0.39, 0.29) is 36.2 Å². The van der Waals surface area contributed by atoms with Gasteiger partial charge < -0.3 is 40.3 Å². The molecule has 63 heavy (non-hydrogen) atoms. The topological polar surface area (TPSA) is 162 Å². The van der Waals surface area contributed by atoms with Gasteiger partial charge in [0.15, 0.2) is 12.4 Å². The number of carbonyl (C=O) groups is 4. The quantitative estimate of drug-likeness (QED) is 0.0517. The Morgan fingerprint density at radius 3 is 2.29 bits per heavy atom. The molecule has 0 spiro atoms. The highest BCUT2D eigenvalue weighted by atomic mass is 16.6. The van der Waals surface area contributed by atoms with Crippen molar-refractivity contribution in [3.05, 3.63) is 102 Å². The van der Waals surface area contributed by atoms with Gasteiger partial charge >= 0.3 is 6.09 Å². The number of amides is 4. The summed E-state index contributed by atoms with van der Waals surface area (Å²) in [6, 6.07) is 28.8. The lowest BCUT2D eigenvalue weighted by molar-refractivity contribution is -0.130. The highest BCUT2D eigenvalue weighted by molar-refractivity contribution is 5.97. The van der Waals surface area contributed by atoms with Crippen LogP contribution in [0.3, 0.4) is 0 Å². The van der Waals surface area contributed by atoms with Crippen LogP contribution in [0.15, 0.2) is 91.0 Å². The molecule has 2 atom stereocenters. The highest BCUT2D eigenvalue weighted by Gasteiger charge is 2.42. The molecule has 13 nitrogen and oxygen atoms in total. The highest BCUT2D eigenvalue weighted by Crippen LogP contribution is 2.40. The van der Waals surface area contributed by atoms with Crippen LogP contribution in [0.4, 0.5) is 21.9 Å². The number of rotatable bonds is 17. The Hall–Kier alpha value is -5.92. The van der Waals surface area contributed by atoms with Gasteiger partial charge in [0.05, 0.1) is 5.69 Å². The summed E-state index contributed by atoms with van der Waals surface area (Å²) in [4.78, 5) is 54.2. The van der Waals surface area contributed by atoms with E-state index in [1.165, 1.54) is 0 Å². The first-order valence-corrected chi connectivity index (χ1v) is 22.6. The Labute approximate surface area is 372 Å². The molecule has 3 aliphatic rings. The first-order valence-electron chi connectivity index (χ1n) is 22.6. The summed E-state index contributed by atoms with van der Waals surface area (Å²) in [6.45, 7) is 12.4. The van der Waals surface area contributed by atoms with Crippen LogP contribution in [0.2, 0.25) is 0 Å². The predicted molar refractivity (Wildman–Crippen MR) is 250 cm³/mol. The van der Waals surface area contributed by atoms with Crippen molar-refractivity contribution in [2.45, 2.75) is 85.3 Å². The van der Waals surface area contributed by atoms with Gasteiger partial charge in [-0.2, -0.15) is 0 Å². The summed E-state index contributed by atoms with van der Waals surface area (Å²) in [5.41, 5.74) is 5.74. The SMILES string of the molecule is CC.CC.CN(CCCCC(=O)Nc1ccc(CNCCc2ccc(O)c3c2OCC(=O)N3)cc1)C(=O)CCN1CC2CC(OC(=O)Nc3ccccc3-c3ccccc3)CC2C1. The Balaban J connectivity index is 0.00000182. The lowest BCUT2D eigenvalue weighted by atomic mass is 10.0. The minimum Gasteiger partial charge on any atom is -0.506 e. The fourth-order valence-electron chi connectivity index (χ4n) is 8.37. The molecule has 4 amide bonds. The number of hydrogen-bond acceptors (Lipinski definition) is 9. The lowest BCUT2D eigenvalue weighted by Crippen LogP contribution is -2.33. The van der Waals surface area contributed by atoms with Crippen LogP contribution < -0.4 is 26.0 Å². The molecule has 1 aliphatic carbocycles. The van der Waals surface area contributed by atoms with Crippen molar-refractivity contribution in [3.63, 3.8) is 0 Å². The van der Waals surface area contributed by atoms with E-state index in [1.54, 1.807) is 17.0 Å². The second-order valence-electron chi connectivity index (χ2n) is 15.8. The van der Waals surface area contributed by atoms with E-state index in [1.807, 2.05) is 114 Å². The van der Waals surface area contributed by atoms with Gasteiger partial charge in [-0.15, -0.1) is 0 Å². The summed E-state index contributed by atoms with van der Waals surface area (Å²) in [5, 5.41) is 22.0. The van der Waals surface area contributed by atoms with Gasteiger partial charge in [0.2, 0.25) is 11.8 Å². The molecule has 338 valence electrons. The molecule has 2 unspecified atom stereocenters. The van der Waals surface area contributed by atoms with Gasteiger partial charge in [0.25, 0.3) is 5.91 Å². The molecule has 13 heteroatoms. The van der Waals surface area contributed by atoms with Crippen LogP contribution in [0.5, 0.6) is 11.5 Å². The van der Waals surface area contributed by atoms with Crippen molar-refractivity contribution in [2.75, 3.05) is 62.3 Å². The molecule has 2 aliphatic heterocycles. The van der Waals surface area contributed by atoms with Gasteiger partial charge in [0.1, 0.15) is 17.5 Å². The first-order chi connectivity index (χ1) is 30.7. The Morgan fingerprint density at radius 2 is 1.56 bits per heavy atom.